The number of hydrogen-bond acceptors (Lipinski definition) is 3. The molecule has 5 heteroatoms. The van der Waals surface area contributed by atoms with Crippen molar-refractivity contribution in [2.24, 2.45) is 0 Å². The highest BCUT2D eigenvalue weighted by molar-refractivity contribution is 9.10. The van der Waals surface area contributed by atoms with E-state index >= 15 is 0 Å². The van der Waals surface area contributed by atoms with Gasteiger partial charge < -0.3 is 10.2 Å². The first kappa shape index (κ1) is 12.9. The van der Waals surface area contributed by atoms with E-state index in [1.807, 2.05) is 6.07 Å². The number of halogens is 1. The summed E-state index contributed by atoms with van der Waals surface area (Å²) in [5.41, 5.74) is 1.25. The van der Waals surface area contributed by atoms with Crippen molar-refractivity contribution in [3.05, 3.63) is 28.7 Å². The maximum absolute atomic E-state index is 11.7. The molecular formula is C14H18BrN3O. The van der Waals surface area contributed by atoms with E-state index in [0.717, 1.165) is 43.6 Å². The quantitative estimate of drug-likeness (QED) is 0.895. The Morgan fingerprint density at radius 2 is 2.00 bits per heavy atom. The second-order valence-corrected chi connectivity index (χ2v) is 6.01. The van der Waals surface area contributed by atoms with Gasteiger partial charge in [-0.15, -0.1) is 0 Å². The summed E-state index contributed by atoms with van der Waals surface area (Å²) in [5.74, 6) is 0.205. The molecule has 0 unspecified atom stereocenters. The fraction of sp³-hybridized carbons (Fsp3) is 0.500. The maximum Gasteiger partial charge on any atom is 0.237 e. The van der Waals surface area contributed by atoms with Gasteiger partial charge in [-0.05, 0) is 24.6 Å². The zero-order valence-corrected chi connectivity index (χ0v) is 12.4. The van der Waals surface area contributed by atoms with Gasteiger partial charge >= 0.3 is 0 Å². The van der Waals surface area contributed by atoms with Gasteiger partial charge in [0.15, 0.2) is 0 Å². The summed E-state index contributed by atoms with van der Waals surface area (Å²) in [4.78, 5) is 16.4. The molecule has 0 aliphatic carbocycles. The van der Waals surface area contributed by atoms with E-state index in [1.165, 1.54) is 5.69 Å². The number of anilines is 1. The summed E-state index contributed by atoms with van der Waals surface area (Å²) in [7, 11) is 0. The van der Waals surface area contributed by atoms with Gasteiger partial charge in [0, 0.05) is 42.9 Å². The van der Waals surface area contributed by atoms with E-state index in [2.05, 4.69) is 49.2 Å². The van der Waals surface area contributed by atoms with E-state index in [4.69, 9.17) is 0 Å². The maximum atomic E-state index is 11.7. The minimum Gasteiger partial charge on any atom is -0.369 e. The Bertz CT molecular complexity index is 472. The van der Waals surface area contributed by atoms with Crippen LogP contribution in [0.25, 0.3) is 0 Å². The molecule has 0 saturated carbocycles. The van der Waals surface area contributed by atoms with Crippen LogP contribution in [0.2, 0.25) is 0 Å². The Hall–Kier alpha value is -1.07. The molecular weight excluding hydrogens is 306 g/mol. The van der Waals surface area contributed by atoms with Gasteiger partial charge in [-0.1, -0.05) is 22.0 Å². The fourth-order valence-corrected chi connectivity index (χ4v) is 3.28. The third kappa shape index (κ3) is 2.77. The smallest absolute Gasteiger partial charge is 0.237 e. The van der Waals surface area contributed by atoms with Crippen LogP contribution in [0.15, 0.2) is 28.7 Å². The SMILES string of the molecule is O=C1NCC[C@@H]1N1CCN(c2cccc(Br)c2)CC1. The number of rotatable bonds is 2. The van der Waals surface area contributed by atoms with Crippen molar-refractivity contribution >= 4 is 27.5 Å². The van der Waals surface area contributed by atoms with Gasteiger partial charge in [-0.25, -0.2) is 0 Å². The zero-order chi connectivity index (χ0) is 13.2. The summed E-state index contributed by atoms with van der Waals surface area (Å²) in [6.45, 7) is 4.73. The van der Waals surface area contributed by atoms with E-state index < -0.39 is 0 Å². The van der Waals surface area contributed by atoms with Crippen molar-refractivity contribution in [1.29, 1.82) is 0 Å². The lowest BCUT2D eigenvalue weighted by Crippen LogP contribution is -2.52. The van der Waals surface area contributed by atoms with Crippen molar-refractivity contribution in [3.8, 4) is 0 Å². The zero-order valence-electron chi connectivity index (χ0n) is 10.8. The first-order valence-electron chi connectivity index (χ1n) is 6.76. The van der Waals surface area contributed by atoms with Crippen molar-refractivity contribution < 1.29 is 4.79 Å². The Kier molecular flexibility index (Phi) is 3.75. The van der Waals surface area contributed by atoms with E-state index in [1.54, 1.807) is 0 Å². The molecule has 1 atom stereocenters. The topological polar surface area (TPSA) is 35.6 Å². The summed E-state index contributed by atoms with van der Waals surface area (Å²) in [5, 5.41) is 2.92. The predicted octanol–water partition coefficient (Wildman–Crippen LogP) is 1.46. The largest absolute Gasteiger partial charge is 0.369 e. The summed E-state index contributed by atoms with van der Waals surface area (Å²) in [6, 6.07) is 8.50. The fourth-order valence-electron chi connectivity index (χ4n) is 2.89. The molecule has 2 saturated heterocycles. The number of hydrogen-bond donors (Lipinski definition) is 1. The van der Waals surface area contributed by atoms with Gasteiger partial charge in [-0.3, -0.25) is 9.69 Å². The van der Waals surface area contributed by atoms with Gasteiger partial charge in [-0.2, -0.15) is 0 Å². The first-order valence-corrected chi connectivity index (χ1v) is 7.55. The molecule has 102 valence electrons. The first-order chi connectivity index (χ1) is 9.24. The number of carbonyl (C=O) groups excluding carboxylic acids is 1. The van der Waals surface area contributed by atoms with Crippen LogP contribution < -0.4 is 10.2 Å². The second kappa shape index (κ2) is 5.51. The third-order valence-corrected chi connectivity index (χ3v) is 4.44. The van der Waals surface area contributed by atoms with Crippen molar-refractivity contribution in [2.45, 2.75) is 12.5 Å². The van der Waals surface area contributed by atoms with Crippen molar-refractivity contribution in [2.75, 3.05) is 37.6 Å². The second-order valence-electron chi connectivity index (χ2n) is 5.10. The molecule has 2 aliphatic heterocycles. The average molecular weight is 324 g/mol. The standard InChI is InChI=1S/C14H18BrN3O/c15-11-2-1-3-12(10-11)17-6-8-18(9-7-17)13-4-5-16-14(13)19/h1-3,10,13H,4-9H2,(H,16,19)/t13-/m0/s1. The normalized spacial score (nSPS) is 24.6. The molecule has 3 rings (SSSR count). The van der Waals surface area contributed by atoms with E-state index in [0.29, 0.717) is 0 Å². The highest BCUT2D eigenvalue weighted by Crippen LogP contribution is 2.22. The van der Waals surface area contributed by atoms with Crippen LogP contribution in [0.3, 0.4) is 0 Å². The predicted molar refractivity (Wildman–Crippen MR) is 79.3 cm³/mol. The molecule has 0 spiro atoms. The lowest BCUT2D eigenvalue weighted by atomic mass is 10.1. The molecule has 1 aromatic rings. The number of benzene rings is 1. The molecule has 2 aliphatic rings. The molecule has 19 heavy (non-hydrogen) atoms. The van der Waals surface area contributed by atoms with Crippen molar-refractivity contribution in [3.63, 3.8) is 0 Å². The Balaban J connectivity index is 1.61. The van der Waals surface area contributed by atoms with Gasteiger partial charge in [0.25, 0.3) is 0 Å². The number of nitrogens with zero attached hydrogens (tertiary/aromatic N) is 2. The number of piperazine rings is 1. The van der Waals surface area contributed by atoms with Crippen LogP contribution in [-0.2, 0) is 4.79 Å². The lowest BCUT2D eigenvalue weighted by Gasteiger charge is -2.38. The Labute approximate surface area is 121 Å². The molecule has 1 N–H and O–H groups in total. The minimum absolute atomic E-state index is 0.102. The monoisotopic (exact) mass is 323 g/mol. The molecule has 1 aromatic carbocycles. The molecule has 2 heterocycles. The molecule has 0 bridgehead atoms. The van der Waals surface area contributed by atoms with Gasteiger partial charge in [0.1, 0.15) is 0 Å². The number of nitrogens with one attached hydrogen (secondary N) is 1. The van der Waals surface area contributed by atoms with Crippen molar-refractivity contribution in [1.82, 2.24) is 10.2 Å². The van der Waals surface area contributed by atoms with Gasteiger partial charge in [0.05, 0.1) is 6.04 Å². The van der Waals surface area contributed by atoms with Gasteiger partial charge in [0.2, 0.25) is 5.91 Å². The molecule has 0 aromatic heterocycles. The molecule has 4 nitrogen and oxygen atoms in total. The molecule has 2 fully saturated rings. The highest BCUT2D eigenvalue weighted by Gasteiger charge is 2.32. The number of carbonyl (C=O) groups is 1. The van der Waals surface area contributed by atoms with Crippen LogP contribution in [0.4, 0.5) is 5.69 Å². The molecule has 1 amide bonds. The molecule has 0 radical (unpaired) electrons. The van der Waals surface area contributed by atoms with Crippen LogP contribution in [-0.4, -0.2) is 49.6 Å². The van der Waals surface area contributed by atoms with E-state index in [-0.39, 0.29) is 11.9 Å². The van der Waals surface area contributed by atoms with Crippen LogP contribution in [0, 0.1) is 0 Å². The summed E-state index contributed by atoms with van der Waals surface area (Å²) < 4.78 is 1.11. The minimum atomic E-state index is 0.102. The Morgan fingerprint density at radius 1 is 1.21 bits per heavy atom. The summed E-state index contributed by atoms with van der Waals surface area (Å²) in [6.07, 6.45) is 0.954. The third-order valence-electron chi connectivity index (χ3n) is 3.95. The highest BCUT2D eigenvalue weighted by atomic mass is 79.9. The Morgan fingerprint density at radius 3 is 2.63 bits per heavy atom. The lowest BCUT2D eigenvalue weighted by molar-refractivity contribution is -0.123. The van der Waals surface area contributed by atoms with Crippen LogP contribution in [0.1, 0.15) is 6.42 Å². The average Bonchev–Trinajstić information content (AvgIpc) is 2.85. The number of amides is 1. The van der Waals surface area contributed by atoms with Crippen LogP contribution in [0.5, 0.6) is 0 Å². The van der Waals surface area contributed by atoms with E-state index in [9.17, 15) is 4.79 Å². The summed E-state index contributed by atoms with van der Waals surface area (Å²) >= 11 is 3.51. The van der Waals surface area contributed by atoms with Crippen LogP contribution >= 0.6 is 15.9 Å².